The lowest BCUT2D eigenvalue weighted by Crippen LogP contribution is -2.10. The molecule has 0 aliphatic rings. The normalized spacial score (nSPS) is 11.9. The highest BCUT2D eigenvalue weighted by Crippen LogP contribution is 2.26. The third-order valence-corrected chi connectivity index (χ3v) is 2.81. The van der Waals surface area contributed by atoms with Gasteiger partial charge in [-0.25, -0.2) is 0 Å². The molecule has 0 radical (unpaired) electrons. The van der Waals surface area contributed by atoms with E-state index in [9.17, 15) is 0 Å². The van der Waals surface area contributed by atoms with Crippen LogP contribution in [-0.2, 0) is 0 Å². The Kier molecular flexibility index (Phi) is 5.69. The Morgan fingerprint density at radius 2 is 1.83 bits per heavy atom. The molecule has 3 nitrogen and oxygen atoms in total. The second-order valence-electron chi connectivity index (χ2n) is 3.83. The van der Waals surface area contributed by atoms with E-state index in [0.29, 0.717) is 17.2 Å². The monoisotopic (exact) mass is 287 g/mol. The first-order chi connectivity index (χ1) is 8.20. The number of benzene rings is 1. The summed E-state index contributed by atoms with van der Waals surface area (Å²) in [6.07, 6.45) is 0.494. The molecule has 0 fully saturated rings. The van der Waals surface area contributed by atoms with Crippen LogP contribution in [0.1, 0.15) is 18.2 Å². The van der Waals surface area contributed by atoms with Crippen LogP contribution in [0.15, 0.2) is 40.8 Å². The summed E-state index contributed by atoms with van der Waals surface area (Å²) in [6.45, 7) is 0.0537. The van der Waals surface area contributed by atoms with Crippen LogP contribution in [0, 0.1) is 0 Å². The van der Waals surface area contributed by atoms with Crippen molar-refractivity contribution in [1.29, 1.82) is 0 Å². The van der Waals surface area contributed by atoms with Gasteiger partial charge in [0.05, 0.1) is 6.04 Å². The zero-order valence-electron chi connectivity index (χ0n) is 9.67. The number of aliphatic hydroxyl groups is 1. The second-order valence-corrected chi connectivity index (χ2v) is 4.26. The smallest absolute Gasteiger partial charge is 0.134 e. The van der Waals surface area contributed by atoms with Crippen molar-refractivity contribution < 1.29 is 9.52 Å². The van der Waals surface area contributed by atoms with E-state index in [1.54, 1.807) is 0 Å². The Morgan fingerprint density at radius 3 is 2.44 bits per heavy atom. The van der Waals surface area contributed by atoms with Gasteiger partial charge in [-0.15, -0.1) is 12.4 Å². The van der Waals surface area contributed by atoms with E-state index in [1.807, 2.05) is 36.4 Å². The highest BCUT2D eigenvalue weighted by atomic mass is 35.5. The molecule has 3 N–H and O–H groups in total. The van der Waals surface area contributed by atoms with E-state index in [0.717, 1.165) is 11.3 Å². The molecular weight excluding hydrogens is 273 g/mol. The summed E-state index contributed by atoms with van der Waals surface area (Å²) in [5, 5.41) is 9.51. The molecule has 0 spiro atoms. The van der Waals surface area contributed by atoms with E-state index in [2.05, 4.69) is 0 Å². The molecule has 1 atom stereocenters. The fraction of sp³-hybridized carbons (Fsp3) is 0.231. The van der Waals surface area contributed by atoms with E-state index >= 15 is 0 Å². The van der Waals surface area contributed by atoms with Gasteiger partial charge in [-0.05, 0) is 42.8 Å². The van der Waals surface area contributed by atoms with Crippen molar-refractivity contribution in [3.63, 3.8) is 0 Å². The topological polar surface area (TPSA) is 59.4 Å². The molecule has 0 amide bonds. The van der Waals surface area contributed by atoms with Crippen molar-refractivity contribution in [2.24, 2.45) is 5.73 Å². The van der Waals surface area contributed by atoms with Crippen LogP contribution in [0.2, 0.25) is 5.02 Å². The molecule has 0 bridgehead atoms. The lowest BCUT2D eigenvalue weighted by Gasteiger charge is -2.05. The lowest BCUT2D eigenvalue weighted by atomic mass is 10.1. The van der Waals surface area contributed by atoms with Gasteiger partial charge in [0.25, 0.3) is 0 Å². The molecule has 98 valence electrons. The third kappa shape index (κ3) is 3.50. The number of halogens is 2. The highest BCUT2D eigenvalue weighted by Gasteiger charge is 2.11. The largest absolute Gasteiger partial charge is 0.459 e. The molecule has 2 aromatic rings. The van der Waals surface area contributed by atoms with Crippen molar-refractivity contribution in [2.45, 2.75) is 12.5 Å². The van der Waals surface area contributed by atoms with Gasteiger partial charge in [-0.1, -0.05) is 11.6 Å². The lowest BCUT2D eigenvalue weighted by molar-refractivity contribution is 0.269. The van der Waals surface area contributed by atoms with Crippen molar-refractivity contribution in [1.82, 2.24) is 0 Å². The van der Waals surface area contributed by atoms with E-state index < -0.39 is 0 Å². The van der Waals surface area contributed by atoms with Crippen molar-refractivity contribution >= 4 is 24.0 Å². The van der Waals surface area contributed by atoms with Crippen LogP contribution < -0.4 is 5.73 Å². The quantitative estimate of drug-likeness (QED) is 0.906. The average Bonchev–Trinajstić information content (AvgIpc) is 2.80. The molecule has 0 aliphatic carbocycles. The van der Waals surface area contributed by atoms with Gasteiger partial charge < -0.3 is 15.3 Å². The molecule has 2 rings (SSSR count). The number of hydrogen-bond donors (Lipinski definition) is 2. The Balaban J connectivity index is 0.00000162. The molecule has 5 heteroatoms. The highest BCUT2D eigenvalue weighted by molar-refractivity contribution is 6.30. The first-order valence-electron chi connectivity index (χ1n) is 5.43. The molecule has 1 unspecified atom stereocenters. The van der Waals surface area contributed by atoms with Gasteiger partial charge in [0.15, 0.2) is 0 Å². The van der Waals surface area contributed by atoms with Gasteiger partial charge in [0, 0.05) is 17.2 Å². The molecule has 0 saturated carbocycles. The minimum Gasteiger partial charge on any atom is -0.459 e. The summed E-state index contributed by atoms with van der Waals surface area (Å²) in [4.78, 5) is 0. The minimum atomic E-state index is -0.263. The van der Waals surface area contributed by atoms with E-state index in [1.165, 1.54) is 0 Å². The first-order valence-corrected chi connectivity index (χ1v) is 5.80. The molecule has 1 aromatic carbocycles. The van der Waals surface area contributed by atoms with Crippen LogP contribution in [-0.4, -0.2) is 11.7 Å². The van der Waals surface area contributed by atoms with E-state index in [-0.39, 0.29) is 25.1 Å². The summed E-state index contributed by atoms with van der Waals surface area (Å²) in [6, 6.07) is 10.9. The number of hydrogen-bond acceptors (Lipinski definition) is 3. The van der Waals surface area contributed by atoms with Gasteiger partial charge in [0.1, 0.15) is 11.5 Å². The number of rotatable bonds is 4. The molecule has 1 heterocycles. The molecular formula is C13H15Cl2NO2. The zero-order valence-corrected chi connectivity index (χ0v) is 11.2. The zero-order chi connectivity index (χ0) is 12.3. The summed E-state index contributed by atoms with van der Waals surface area (Å²) in [5.41, 5.74) is 6.80. The molecule has 1 aromatic heterocycles. The Bertz CT molecular complexity index is 482. The maximum Gasteiger partial charge on any atom is 0.134 e. The standard InChI is InChI=1S/C13H14ClNO2.ClH/c14-10-3-1-9(2-4-10)12-5-6-13(17-12)11(15)7-8-16;/h1-6,11,16H,7-8,15H2;1H. The average molecular weight is 288 g/mol. The van der Waals surface area contributed by atoms with Crippen LogP contribution in [0.4, 0.5) is 0 Å². The number of furan rings is 1. The van der Waals surface area contributed by atoms with Gasteiger partial charge in [0.2, 0.25) is 0 Å². The SMILES string of the molecule is Cl.NC(CCO)c1ccc(-c2ccc(Cl)cc2)o1. The van der Waals surface area contributed by atoms with Gasteiger partial charge in [-0.3, -0.25) is 0 Å². The van der Waals surface area contributed by atoms with Gasteiger partial charge in [-0.2, -0.15) is 0 Å². The minimum absolute atomic E-state index is 0. The maximum atomic E-state index is 8.82. The fourth-order valence-corrected chi connectivity index (χ4v) is 1.73. The van der Waals surface area contributed by atoms with Crippen molar-refractivity contribution in [2.75, 3.05) is 6.61 Å². The van der Waals surface area contributed by atoms with Gasteiger partial charge >= 0.3 is 0 Å². The second kappa shape index (κ2) is 6.81. The molecule has 0 aliphatic heterocycles. The maximum absolute atomic E-state index is 8.82. The summed E-state index contributed by atoms with van der Waals surface area (Å²) >= 11 is 5.82. The Hall–Kier alpha value is -1.00. The van der Waals surface area contributed by atoms with Crippen LogP contribution in [0.25, 0.3) is 11.3 Å². The van der Waals surface area contributed by atoms with Crippen molar-refractivity contribution in [3.8, 4) is 11.3 Å². The third-order valence-electron chi connectivity index (χ3n) is 2.56. The number of aliphatic hydroxyl groups excluding tert-OH is 1. The van der Waals surface area contributed by atoms with Crippen LogP contribution in [0.3, 0.4) is 0 Å². The van der Waals surface area contributed by atoms with E-state index in [4.69, 9.17) is 26.9 Å². The first kappa shape index (κ1) is 15.1. The Labute approximate surface area is 117 Å². The summed E-state index contributed by atoms with van der Waals surface area (Å²) < 4.78 is 5.64. The van der Waals surface area contributed by atoms with Crippen LogP contribution >= 0.6 is 24.0 Å². The van der Waals surface area contributed by atoms with Crippen molar-refractivity contribution in [3.05, 3.63) is 47.2 Å². The number of nitrogens with two attached hydrogens (primary N) is 1. The van der Waals surface area contributed by atoms with Crippen LogP contribution in [0.5, 0.6) is 0 Å². The predicted molar refractivity (Wildman–Crippen MR) is 75.0 cm³/mol. The summed E-state index contributed by atoms with van der Waals surface area (Å²) in [7, 11) is 0. The predicted octanol–water partition coefficient (Wildman–Crippen LogP) is 3.40. The Morgan fingerprint density at radius 1 is 1.17 bits per heavy atom. The summed E-state index contributed by atoms with van der Waals surface area (Å²) in [5.74, 6) is 1.44. The fourth-order valence-electron chi connectivity index (χ4n) is 1.60. The molecule has 18 heavy (non-hydrogen) atoms. The molecule has 0 saturated heterocycles.